The molecule has 1 aliphatic rings. The second kappa shape index (κ2) is 9.11. The Balaban J connectivity index is 0.00000208. The number of rotatable bonds is 5. The first-order chi connectivity index (χ1) is 11.3. The maximum absolute atomic E-state index is 11.4. The lowest BCUT2D eigenvalue weighted by atomic mass is 10.2. The zero-order valence-electron chi connectivity index (χ0n) is 14.0. The van der Waals surface area contributed by atoms with Crippen molar-refractivity contribution in [2.45, 2.75) is 6.92 Å². The van der Waals surface area contributed by atoms with Crippen molar-refractivity contribution in [1.82, 2.24) is 15.5 Å². The highest BCUT2D eigenvalue weighted by Crippen LogP contribution is 2.30. The van der Waals surface area contributed by atoms with Gasteiger partial charge in [0.25, 0.3) is 0 Å². The number of piperazine rings is 1. The molecule has 1 saturated heterocycles. The molecule has 7 heteroatoms. The van der Waals surface area contributed by atoms with Crippen molar-refractivity contribution in [2.24, 2.45) is 0 Å². The molecule has 1 aliphatic heterocycles. The van der Waals surface area contributed by atoms with Gasteiger partial charge in [0.15, 0.2) is 0 Å². The first-order valence-electron chi connectivity index (χ1n) is 8.23. The molecule has 0 radical (unpaired) electrons. The summed E-state index contributed by atoms with van der Waals surface area (Å²) in [5.41, 5.74) is 1.35. The van der Waals surface area contributed by atoms with Gasteiger partial charge >= 0.3 is 6.03 Å². The predicted molar refractivity (Wildman–Crippen MR) is 105 cm³/mol. The van der Waals surface area contributed by atoms with E-state index in [1.54, 1.807) is 11.3 Å². The van der Waals surface area contributed by atoms with E-state index in [0.717, 1.165) is 32.7 Å². The zero-order chi connectivity index (χ0) is 16.1. The molecule has 0 bridgehead atoms. The van der Waals surface area contributed by atoms with Crippen molar-refractivity contribution in [2.75, 3.05) is 50.7 Å². The van der Waals surface area contributed by atoms with Crippen LogP contribution in [0, 0.1) is 0 Å². The second-order valence-corrected chi connectivity index (χ2v) is 6.67. The average Bonchev–Trinajstić information content (AvgIpc) is 3.04. The molecule has 5 nitrogen and oxygen atoms in total. The summed E-state index contributed by atoms with van der Waals surface area (Å²) in [6, 6.07) is 8.71. The van der Waals surface area contributed by atoms with Gasteiger partial charge in [0, 0.05) is 61.6 Å². The van der Waals surface area contributed by atoms with E-state index in [2.05, 4.69) is 50.1 Å². The SMILES string of the molecule is CCNC(=O)NCCN1CCN(c2cccc3sccc23)CC1.Cl. The lowest BCUT2D eigenvalue weighted by Gasteiger charge is -2.36. The van der Waals surface area contributed by atoms with Crippen molar-refractivity contribution in [1.29, 1.82) is 0 Å². The Labute approximate surface area is 153 Å². The number of hydrogen-bond donors (Lipinski definition) is 2. The minimum Gasteiger partial charge on any atom is -0.368 e. The first kappa shape index (κ1) is 18.8. The molecule has 2 aromatic rings. The van der Waals surface area contributed by atoms with Crippen LogP contribution in [0.15, 0.2) is 29.6 Å². The van der Waals surface area contributed by atoms with E-state index >= 15 is 0 Å². The molecule has 1 aromatic carbocycles. The number of benzene rings is 1. The number of fused-ring (bicyclic) bond motifs is 1. The van der Waals surface area contributed by atoms with Gasteiger partial charge in [-0.05, 0) is 30.5 Å². The standard InChI is InChI=1S/C17H24N4OS.ClH/c1-2-18-17(22)19-7-8-20-9-11-21(12-10-20)15-4-3-5-16-14(15)6-13-23-16;/h3-6,13H,2,7-12H2,1H3,(H2,18,19,22);1H. The maximum Gasteiger partial charge on any atom is 0.314 e. The molecular formula is C17H25ClN4OS. The van der Waals surface area contributed by atoms with E-state index in [1.165, 1.54) is 15.8 Å². The van der Waals surface area contributed by atoms with Crippen LogP contribution in [0.1, 0.15) is 6.92 Å². The number of carbonyl (C=O) groups excluding carboxylic acids is 1. The van der Waals surface area contributed by atoms with E-state index < -0.39 is 0 Å². The van der Waals surface area contributed by atoms with Gasteiger partial charge in [-0.2, -0.15) is 0 Å². The van der Waals surface area contributed by atoms with Crippen molar-refractivity contribution in [3.63, 3.8) is 0 Å². The Bertz CT molecular complexity index is 655. The summed E-state index contributed by atoms with van der Waals surface area (Å²) in [4.78, 5) is 16.3. The average molecular weight is 369 g/mol. The summed E-state index contributed by atoms with van der Waals surface area (Å²) in [6.45, 7) is 8.35. The smallest absolute Gasteiger partial charge is 0.314 e. The molecule has 132 valence electrons. The lowest BCUT2D eigenvalue weighted by molar-refractivity contribution is 0.232. The molecule has 0 unspecified atom stereocenters. The van der Waals surface area contributed by atoms with Crippen LogP contribution in [0.3, 0.4) is 0 Å². The summed E-state index contributed by atoms with van der Waals surface area (Å²) < 4.78 is 1.36. The number of halogens is 1. The predicted octanol–water partition coefficient (Wildman–Crippen LogP) is 2.76. The Kier molecular flexibility index (Phi) is 7.15. The molecule has 2 N–H and O–H groups in total. The molecule has 0 aliphatic carbocycles. The number of amides is 2. The summed E-state index contributed by atoms with van der Waals surface area (Å²) in [5, 5.41) is 9.17. The molecule has 0 spiro atoms. The van der Waals surface area contributed by atoms with Crippen LogP contribution in [-0.4, -0.2) is 56.7 Å². The summed E-state index contributed by atoms with van der Waals surface area (Å²) in [7, 11) is 0. The molecule has 2 heterocycles. The summed E-state index contributed by atoms with van der Waals surface area (Å²) in [6.07, 6.45) is 0. The van der Waals surface area contributed by atoms with Crippen molar-refractivity contribution in [3.05, 3.63) is 29.6 Å². The van der Waals surface area contributed by atoms with E-state index in [1.807, 2.05) is 6.92 Å². The van der Waals surface area contributed by atoms with E-state index in [-0.39, 0.29) is 18.4 Å². The van der Waals surface area contributed by atoms with Crippen LogP contribution in [-0.2, 0) is 0 Å². The Morgan fingerprint density at radius 1 is 1.17 bits per heavy atom. The van der Waals surface area contributed by atoms with Gasteiger partial charge in [0.05, 0.1) is 0 Å². The van der Waals surface area contributed by atoms with E-state index in [0.29, 0.717) is 13.1 Å². The number of anilines is 1. The first-order valence-corrected chi connectivity index (χ1v) is 9.11. The summed E-state index contributed by atoms with van der Waals surface area (Å²) >= 11 is 1.80. The zero-order valence-corrected chi connectivity index (χ0v) is 15.6. The van der Waals surface area contributed by atoms with Crippen LogP contribution in [0.4, 0.5) is 10.5 Å². The molecule has 0 saturated carbocycles. The Morgan fingerprint density at radius 3 is 2.71 bits per heavy atom. The minimum atomic E-state index is -0.0738. The van der Waals surface area contributed by atoms with Crippen molar-refractivity contribution >= 4 is 45.5 Å². The second-order valence-electron chi connectivity index (χ2n) is 5.72. The molecular weight excluding hydrogens is 344 g/mol. The number of thiophene rings is 1. The third-order valence-corrected chi connectivity index (χ3v) is 5.12. The van der Waals surface area contributed by atoms with Gasteiger partial charge in [0.2, 0.25) is 0 Å². The number of nitrogens with zero attached hydrogens (tertiary/aromatic N) is 2. The molecule has 2 amide bonds. The van der Waals surface area contributed by atoms with Gasteiger partial charge in [-0.15, -0.1) is 23.7 Å². The monoisotopic (exact) mass is 368 g/mol. The number of carbonyl (C=O) groups is 1. The highest BCUT2D eigenvalue weighted by molar-refractivity contribution is 7.17. The van der Waals surface area contributed by atoms with Gasteiger partial charge in [-0.3, -0.25) is 4.90 Å². The number of nitrogens with one attached hydrogen (secondary N) is 2. The quantitative estimate of drug-likeness (QED) is 0.853. The maximum atomic E-state index is 11.4. The van der Waals surface area contributed by atoms with Gasteiger partial charge in [0.1, 0.15) is 0 Å². The van der Waals surface area contributed by atoms with Crippen molar-refractivity contribution < 1.29 is 4.79 Å². The van der Waals surface area contributed by atoms with Crippen LogP contribution in [0.2, 0.25) is 0 Å². The minimum absolute atomic E-state index is 0. The molecule has 3 rings (SSSR count). The largest absolute Gasteiger partial charge is 0.368 e. The van der Waals surface area contributed by atoms with E-state index in [4.69, 9.17) is 0 Å². The fourth-order valence-electron chi connectivity index (χ4n) is 3.02. The fourth-order valence-corrected chi connectivity index (χ4v) is 3.82. The van der Waals surface area contributed by atoms with Crippen LogP contribution in [0.5, 0.6) is 0 Å². The van der Waals surface area contributed by atoms with Crippen LogP contribution >= 0.6 is 23.7 Å². The van der Waals surface area contributed by atoms with Crippen molar-refractivity contribution in [3.8, 4) is 0 Å². The fraction of sp³-hybridized carbons (Fsp3) is 0.471. The number of urea groups is 1. The van der Waals surface area contributed by atoms with Crippen LogP contribution in [0.25, 0.3) is 10.1 Å². The van der Waals surface area contributed by atoms with Gasteiger partial charge < -0.3 is 15.5 Å². The Morgan fingerprint density at radius 2 is 1.96 bits per heavy atom. The molecule has 1 fully saturated rings. The Hall–Kier alpha value is -1.50. The molecule has 24 heavy (non-hydrogen) atoms. The highest BCUT2D eigenvalue weighted by Gasteiger charge is 2.18. The molecule has 0 atom stereocenters. The van der Waals surface area contributed by atoms with Gasteiger partial charge in [-0.1, -0.05) is 6.07 Å². The van der Waals surface area contributed by atoms with Crippen LogP contribution < -0.4 is 15.5 Å². The summed E-state index contributed by atoms with van der Waals surface area (Å²) in [5.74, 6) is 0. The third-order valence-electron chi connectivity index (χ3n) is 4.24. The van der Waals surface area contributed by atoms with Gasteiger partial charge in [-0.25, -0.2) is 4.79 Å². The highest BCUT2D eigenvalue weighted by atomic mass is 35.5. The molecule has 1 aromatic heterocycles. The van der Waals surface area contributed by atoms with E-state index in [9.17, 15) is 4.79 Å². The lowest BCUT2D eigenvalue weighted by Crippen LogP contribution is -2.49. The third kappa shape index (κ3) is 4.53. The topological polar surface area (TPSA) is 47.6 Å². The normalized spacial score (nSPS) is 15.1. The number of hydrogen-bond acceptors (Lipinski definition) is 4.